The Morgan fingerprint density at radius 1 is 0.877 bits per heavy atom. The van der Waals surface area contributed by atoms with Gasteiger partial charge >= 0.3 is 0 Å². The molecule has 3 heterocycles. The maximum absolute atomic E-state index is 14.3. The van der Waals surface area contributed by atoms with Gasteiger partial charge < -0.3 is 45.1 Å². The minimum absolute atomic E-state index is 0.0337. The molecule has 14 heteroatoms. The standard InChI is InChI=1S/C43H53N5O9/c1-26(2)17-32-24-55-34-14-9-29(10-15-34)18-35(46-39(49)21-31-11-16-37-38(20-31)57-25-56-37)42(52)47-36(19-28-7-12-33(54-4)13-8-28)41(51)44-27(3)43(53)48(22-30-5-6-30)23-40(50)45-32/h7-16,20,26-27,30,32,35-36H,5-6,17-19,21-25H2,1-4H3,(H,44,51)(H,45,50)(H,46,49)(H,47,52)/t27-,32+,35+,36+/m1/s1. The first kappa shape index (κ1) is 40.9. The average molecular weight is 784 g/mol. The summed E-state index contributed by atoms with van der Waals surface area (Å²) >= 11 is 0. The fourth-order valence-electron chi connectivity index (χ4n) is 7.00. The lowest BCUT2D eigenvalue weighted by Gasteiger charge is -2.29. The number of carbonyl (C=O) groups excluding carboxylic acids is 5. The molecule has 3 aromatic carbocycles. The molecule has 5 amide bonds. The van der Waals surface area contributed by atoms with Gasteiger partial charge in [-0.1, -0.05) is 44.2 Å². The van der Waals surface area contributed by atoms with Gasteiger partial charge in [-0.3, -0.25) is 24.0 Å². The molecule has 1 saturated carbocycles. The summed E-state index contributed by atoms with van der Waals surface area (Å²) in [4.78, 5) is 70.8. The molecule has 4 aliphatic rings. The third kappa shape index (κ3) is 11.9. The van der Waals surface area contributed by atoms with Crippen molar-refractivity contribution in [3.63, 3.8) is 0 Å². The minimum Gasteiger partial charge on any atom is -0.497 e. The fourth-order valence-corrected chi connectivity index (χ4v) is 7.00. The molecule has 57 heavy (non-hydrogen) atoms. The zero-order chi connectivity index (χ0) is 40.5. The van der Waals surface area contributed by atoms with E-state index in [9.17, 15) is 24.0 Å². The molecule has 3 aliphatic heterocycles. The Morgan fingerprint density at radius 3 is 2.30 bits per heavy atom. The van der Waals surface area contributed by atoms with E-state index < -0.39 is 41.8 Å². The van der Waals surface area contributed by atoms with Crippen LogP contribution in [-0.2, 0) is 43.2 Å². The van der Waals surface area contributed by atoms with Crippen LogP contribution in [0.5, 0.6) is 23.0 Å². The molecule has 0 saturated heterocycles. The van der Waals surface area contributed by atoms with Gasteiger partial charge in [-0.15, -0.1) is 0 Å². The number of amides is 5. The van der Waals surface area contributed by atoms with Crippen molar-refractivity contribution in [2.45, 2.75) is 83.5 Å². The largest absolute Gasteiger partial charge is 0.497 e. The van der Waals surface area contributed by atoms with E-state index in [0.29, 0.717) is 41.5 Å². The molecule has 304 valence electrons. The van der Waals surface area contributed by atoms with Crippen molar-refractivity contribution >= 4 is 29.5 Å². The molecule has 0 aromatic heterocycles. The van der Waals surface area contributed by atoms with E-state index in [1.165, 1.54) is 4.90 Å². The van der Waals surface area contributed by atoms with Crippen molar-refractivity contribution < 1.29 is 42.9 Å². The van der Waals surface area contributed by atoms with E-state index in [2.05, 4.69) is 35.1 Å². The van der Waals surface area contributed by atoms with Crippen LogP contribution in [0.4, 0.5) is 0 Å². The van der Waals surface area contributed by atoms with E-state index in [1.807, 2.05) is 12.1 Å². The van der Waals surface area contributed by atoms with Crippen LogP contribution in [0.1, 0.15) is 56.7 Å². The number of rotatable bonds is 10. The first-order chi connectivity index (χ1) is 27.4. The second-order valence-corrected chi connectivity index (χ2v) is 15.5. The monoisotopic (exact) mass is 783 g/mol. The zero-order valence-corrected chi connectivity index (χ0v) is 33.0. The summed E-state index contributed by atoms with van der Waals surface area (Å²) in [6.07, 6.45) is 2.72. The van der Waals surface area contributed by atoms with Gasteiger partial charge in [0.2, 0.25) is 36.3 Å². The van der Waals surface area contributed by atoms with Crippen molar-refractivity contribution in [3.05, 3.63) is 83.4 Å². The number of fused-ring (bicyclic) bond motifs is 18. The van der Waals surface area contributed by atoms with Gasteiger partial charge in [0, 0.05) is 19.4 Å². The lowest BCUT2D eigenvalue weighted by Crippen LogP contribution is -2.58. The van der Waals surface area contributed by atoms with E-state index in [-0.39, 0.29) is 63.0 Å². The highest BCUT2D eigenvalue weighted by Gasteiger charge is 2.34. The predicted octanol–water partition coefficient (Wildman–Crippen LogP) is 3.09. The van der Waals surface area contributed by atoms with Gasteiger partial charge in [0.1, 0.15) is 36.2 Å². The van der Waals surface area contributed by atoms with E-state index in [4.69, 9.17) is 18.9 Å². The molecule has 4 N–H and O–H groups in total. The normalized spacial score (nSPS) is 21.9. The number of nitrogens with one attached hydrogen (secondary N) is 4. The Hall–Kier alpha value is -5.79. The molecule has 2 bridgehead atoms. The maximum Gasteiger partial charge on any atom is 0.245 e. The zero-order valence-electron chi connectivity index (χ0n) is 33.0. The third-order valence-corrected chi connectivity index (χ3v) is 10.2. The lowest BCUT2D eigenvalue weighted by molar-refractivity contribution is -0.140. The summed E-state index contributed by atoms with van der Waals surface area (Å²) in [6, 6.07) is 16.0. The van der Waals surface area contributed by atoms with Gasteiger partial charge in [0.05, 0.1) is 26.1 Å². The average Bonchev–Trinajstić information content (AvgIpc) is 3.88. The minimum atomic E-state index is -1.13. The number of ether oxygens (including phenoxy) is 4. The highest BCUT2D eigenvalue weighted by Crippen LogP contribution is 2.33. The van der Waals surface area contributed by atoms with Gasteiger partial charge in [-0.2, -0.15) is 0 Å². The summed E-state index contributed by atoms with van der Waals surface area (Å²) in [5.41, 5.74) is 2.13. The summed E-state index contributed by atoms with van der Waals surface area (Å²) in [6.45, 7) is 6.24. The molecule has 7 rings (SSSR count). The van der Waals surface area contributed by atoms with Crippen LogP contribution in [0, 0.1) is 11.8 Å². The van der Waals surface area contributed by atoms with Crippen molar-refractivity contribution in [2.75, 3.05) is 33.6 Å². The van der Waals surface area contributed by atoms with E-state index in [0.717, 1.165) is 24.0 Å². The Labute approximate surface area is 333 Å². The van der Waals surface area contributed by atoms with Crippen LogP contribution < -0.4 is 40.2 Å². The summed E-state index contributed by atoms with van der Waals surface area (Å²) in [7, 11) is 1.55. The number of hydrogen-bond acceptors (Lipinski definition) is 9. The topological polar surface area (TPSA) is 174 Å². The Morgan fingerprint density at radius 2 is 1.60 bits per heavy atom. The summed E-state index contributed by atoms with van der Waals surface area (Å²) in [5, 5.41) is 11.7. The maximum atomic E-state index is 14.3. The van der Waals surface area contributed by atoms with Gasteiger partial charge in [-0.25, -0.2) is 0 Å². The first-order valence-corrected chi connectivity index (χ1v) is 19.6. The smallest absolute Gasteiger partial charge is 0.245 e. The van der Waals surface area contributed by atoms with Gasteiger partial charge in [0.15, 0.2) is 11.5 Å². The van der Waals surface area contributed by atoms with Crippen LogP contribution in [-0.4, -0.2) is 92.2 Å². The van der Waals surface area contributed by atoms with Gasteiger partial charge in [-0.05, 0) is 91.1 Å². The van der Waals surface area contributed by atoms with Crippen LogP contribution in [0.3, 0.4) is 0 Å². The van der Waals surface area contributed by atoms with Crippen LogP contribution in [0.15, 0.2) is 66.7 Å². The quantitative estimate of drug-likeness (QED) is 0.226. The Balaban J connectivity index is 1.29. The second kappa shape index (κ2) is 18.9. The number of methoxy groups -OCH3 is 1. The summed E-state index contributed by atoms with van der Waals surface area (Å²) < 4.78 is 22.3. The molecular formula is C43H53N5O9. The Kier molecular flexibility index (Phi) is 13.5. The van der Waals surface area contributed by atoms with Crippen LogP contribution in [0.25, 0.3) is 0 Å². The van der Waals surface area contributed by atoms with Crippen molar-refractivity contribution in [1.29, 1.82) is 0 Å². The predicted molar refractivity (Wildman–Crippen MR) is 211 cm³/mol. The van der Waals surface area contributed by atoms with Crippen molar-refractivity contribution in [3.8, 4) is 23.0 Å². The molecule has 3 aromatic rings. The first-order valence-electron chi connectivity index (χ1n) is 19.6. The molecule has 1 fully saturated rings. The van der Waals surface area contributed by atoms with Gasteiger partial charge in [0.25, 0.3) is 0 Å². The van der Waals surface area contributed by atoms with Crippen molar-refractivity contribution in [1.82, 2.24) is 26.2 Å². The fraction of sp³-hybridized carbons (Fsp3) is 0.465. The SMILES string of the molecule is COc1ccc(C[C@@H]2NC(=O)[C@@H](NC(=O)Cc3ccc4c(c3)OCO4)Cc3ccc(cc3)OC[C@H](CC(C)C)NC(=O)CN(CC3CC3)C(=O)[C@@H](C)NC2=O)cc1. The van der Waals surface area contributed by atoms with E-state index >= 15 is 0 Å². The molecule has 14 nitrogen and oxygen atoms in total. The van der Waals surface area contributed by atoms with Crippen LogP contribution >= 0.6 is 0 Å². The Bertz CT molecular complexity index is 1900. The van der Waals surface area contributed by atoms with E-state index in [1.54, 1.807) is 68.6 Å². The highest BCUT2D eigenvalue weighted by molar-refractivity contribution is 5.95. The molecule has 0 radical (unpaired) electrons. The summed E-state index contributed by atoms with van der Waals surface area (Å²) in [5.74, 6) is 0.580. The number of carbonyl (C=O) groups is 5. The highest BCUT2D eigenvalue weighted by atomic mass is 16.7. The molecule has 1 aliphatic carbocycles. The lowest BCUT2D eigenvalue weighted by atomic mass is 10.0. The van der Waals surface area contributed by atoms with Crippen molar-refractivity contribution in [2.24, 2.45) is 11.8 Å². The third-order valence-electron chi connectivity index (χ3n) is 10.2. The molecule has 0 unspecified atom stereocenters. The second-order valence-electron chi connectivity index (χ2n) is 15.5. The number of benzene rings is 3. The number of hydrogen-bond donors (Lipinski definition) is 4. The molecule has 4 atom stereocenters. The molecular weight excluding hydrogens is 730 g/mol. The number of nitrogens with zero attached hydrogens (tertiary/aromatic N) is 1. The van der Waals surface area contributed by atoms with Crippen LogP contribution in [0.2, 0.25) is 0 Å². The molecule has 0 spiro atoms.